The van der Waals surface area contributed by atoms with Gasteiger partial charge in [0.15, 0.2) is 0 Å². The average molecular weight is 287 g/mol. The molecule has 110 valence electrons. The fourth-order valence-corrected chi connectivity index (χ4v) is 2.17. The molecule has 0 fully saturated rings. The maximum atomic E-state index is 11.7. The second-order valence-electron chi connectivity index (χ2n) is 4.68. The quantitative estimate of drug-likeness (QED) is 0.638. The van der Waals surface area contributed by atoms with E-state index in [-0.39, 0.29) is 18.4 Å². The predicted molar refractivity (Wildman–Crippen MR) is 78.1 cm³/mol. The highest BCUT2D eigenvalue weighted by molar-refractivity contribution is 5.88. The van der Waals surface area contributed by atoms with Crippen LogP contribution in [0.25, 0.3) is 10.9 Å². The fourth-order valence-electron chi connectivity index (χ4n) is 2.17. The summed E-state index contributed by atoms with van der Waals surface area (Å²) < 4.78 is 10.0. The van der Waals surface area contributed by atoms with Crippen LogP contribution < -0.4 is 4.74 Å². The number of pyridine rings is 1. The topological polar surface area (TPSA) is 65.5 Å². The first-order chi connectivity index (χ1) is 9.99. The van der Waals surface area contributed by atoms with E-state index in [1.807, 2.05) is 13.0 Å². The number of aryl methyl sites for hydroxylation is 1. The lowest BCUT2D eigenvalue weighted by Gasteiger charge is -2.09. The highest BCUT2D eigenvalue weighted by atomic mass is 16.5. The molecule has 1 aromatic carbocycles. The Balaban J connectivity index is 2.42. The van der Waals surface area contributed by atoms with Crippen LogP contribution in [0, 0.1) is 6.92 Å². The number of hydrogen-bond acceptors (Lipinski definition) is 5. The molecule has 0 saturated heterocycles. The molecule has 1 aromatic heterocycles. The van der Waals surface area contributed by atoms with Gasteiger partial charge >= 0.3 is 11.9 Å². The van der Waals surface area contributed by atoms with E-state index in [2.05, 4.69) is 4.98 Å². The number of ether oxygens (including phenoxy) is 2. The van der Waals surface area contributed by atoms with Crippen LogP contribution >= 0.6 is 0 Å². The summed E-state index contributed by atoms with van der Waals surface area (Å²) in [6.45, 7) is 5.34. The summed E-state index contributed by atoms with van der Waals surface area (Å²) in [5, 5.41) is 0.851. The first-order valence-corrected chi connectivity index (χ1v) is 6.74. The Labute approximate surface area is 122 Å². The van der Waals surface area contributed by atoms with Gasteiger partial charge in [0.25, 0.3) is 0 Å². The second kappa shape index (κ2) is 6.35. The van der Waals surface area contributed by atoms with Gasteiger partial charge < -0.3 is 9.47 Å². The number of esters is 2. The molecule has 0 saturated carbocycles. The van der Waals surface area contributed by atoms with Gasteiger partial charge in [0.05, 0.1) is 18.5 Å². The molecule has 0 aliphatic heterocycles. The summed E-state index contributed by atoms with van der Waals surface area (Å²) in [6, 6.07) is 7.05. The van der Waals surface area contributed by atoms with E-state index in [0.717, 1.165) is 16.6 Å². The largest absolute Gasteiger partial charge is 0.466 e. The van der Waals surface area contributed by atoms with Crippen molar-refractivity contribution in [1.82, 2.24) is 4.98 Å². The Bertz CT molecular complexity index is 694. The maximum Gasteiger partial charge on any atom is 0.310 e. The van der Waals surface area contributed by atoms with Gasteiger partial charge in [-0.3, -0.25) is 14.6 Å². The highest BCUT2D eigenvalue weighted by Crippen LogP contribution is 2.24. The van der Waals surface area contributed by atoms with Crippen molar-refractivity contribution in [1.29, 1.82) is 0 Å². The van der Waals surface area contributed by atoms with Crippen LogP contribution in [0.2, 0.25) is 0 Å². The highest BCUT2D eigenvalue weighted by Gasteiger charge is 2.11. The van der Waals surface area contributed by atoms with Crippen LogP contribution in [-0.4, -0.2) is 23.5 Å². The predicted octanol–water partition coefficient (Wildman–Crippen LogP) is 2.57. The van der Waals surface area contributed by atoms with Crippen molar-refractivity contribution >= 4 is 22.8 Å². The van der Waals surface area contributed by atoms with Gasteiger partial charge in [0, 0.05) is 24.1 Å². The molecule has 0 bridgehead atoms. The van der Waals surface area contributed by atoms with Gasteiger partial charge in [-0.05, 0) is 37.6 Å². The SMILES string of the molecule is CCOC(=O)Cc1cc(C)nc2cc(OC(C)=O)ccc12. The molecule has 5 heteroatoms. The number of rotatable bonds is 4. The number of nitrogens with zero attached hydrogens (tertiary/aromatic N) is 1. The molecule has 0 amide bonds. The van der Waals surface area contributed by atoms with Gasteiger partial charge in [-0.1, -0.05) is 0 Å². The lowest BCUT2D eigenvalue weighted by Crippen LogP contribution is -2.08. The standard InChI is InChI=1S/C16H17NO4/c1-4-20-16(19)8-12-7-10(2)17-15-9-13(21-11(3)18)5-6-14(12)15/h5-7,9H,4,8H2,1-3H3. The minimum absolute atomic E-state index is 0.195. The summed E-state index contributed by atoms with van der Waals surface area (Å²) >= 11 is 0. The third kappa shape index (κ3) is 3.78. The molecule has 2 aromatic rings. The third-order valence-corrected chi connectivity index (χ3v) is 2.90. The van der Waals surface area contributed by atoms with Crippen molar-refractivity contribution in [2.45, 2.75) is 27.2 Å². The minimum Gasteiger partial charge on any atom is -0.466 e. The van der Waals surface area contributed by atoms with Crippen molar-refractivity contribution in [3.63, 3.8) is 0 Å². The number of carbonyl (C=O) groups excluding carboxylic acids is 2. The first-order valence-electron chi connectivity index (χ1n) is 6.74. The van der Waals surface area contributed by atoms with E-state index in [4.69, 9.17) is 9.47 Å². The average Bonchev–Trinajstić information content (AvgIpc) is 2.37. The number of hydrogen-bond donors (Lipinski definition) is 0. The molecule has 2 rings (SSSR count). The normalized spacial score (nSPS) is 10.4. The molecule has 0 aliphatic carbocycles. The second-order valence-corrected chi connectivity index (χ2v) is 4.68. The van der Waals surface area contributed by atoms with Gasteiger partial charge in [0.2, 0.25) is 0 Å². The van der Waals surface area contributed by atoms with Crippen LogP contribution in [0.4, 0.5) is 0 Å². The Hall–Kier alpha value is -2.43. The van der Waals surface area contributed by atoms with E-state index in [1.165, 1.54) is 6.92 Å². The van der Waals surface area contributed by atoms with Gasteiger partial charge in [-0.25, -0.2) is 0 Å². The zero-order valence-electron chi connectivity index (χ0n) is 12.3. The lowest BCUT2D eigenvalue weighted by molar-refractivity contribution is -0.142. The molecule has 0 unspecified atom stereocenters. The molecule has 21 heavy (non-hydrogen) atoms. The molecule has 0 aliphatic rings. The molecule has 0 atom stereocenters. The van der Waals surface area contributed by atoms with Crippen molar-refractivity contribution in [3.05, 3.63) is 35.5 Å². The molecular formula is C16H17NO4. The third-order valence-electron chi connectivity index (χ3n) is 2.90. The maximum absolute atomic E-state index is 11.7. The number of aromatic nitrogens is 1. The summed E-state index contributed by atoms with van der Waals surface area (Å²) in [4.78, 5) is 27.1. The van der Waals surface area contributed by atoms with Crippen molar-refractivity contribution in [2.75, 3.05) is 6.61 Å². The number of fused-ring (bicyclic) bond motifs is 1. The van der Waals surface area contributed by atoms with E-state index in [9.17, 15) is 9.59 Å². The monoisotopic (exact) mass is 287 g/mol. The van der Waals surface area contributed by atoms with Gasteiger partial charge in [-0.15, -0.1) is 0 Å². The summed E-state index contributed by atoms with van der Waals surface area (Å²) in [6.07, 6.45) is 0.195. The summed E-state index contributed by atoms with van der Waals surface area (Å²) in [7, 11) is 0. The molecular weight excluding hydrogens is 270 g/mol. The molecule has 1 heterocycles. The summed E-state index contributed by atoms with van der Waals surface area (Å²) in [5.41, 5.74) is 2.33. The zero-order valence-corrected chi connectivity index (χ0v) is 12.3. The van der Waals surface area contributed by atoms with Crippen molar-refractivity contribution in [3.8, 4) is 5.75 Å². The first kappa shape index (κ1) is 15.0. The van der Waals surface area contributed by atoms with Crippen LogP contribution in [-0.2, 0) is 20.7 Å². The van der Waals surface area contributed by atoms with E-state index < -0.39 is 0 Å². The van der Waals surface area contributed by atoms with Crippen LogP contribution in [0.3, 0.4) is 0 Å². The van der Waals surface area contributed by atoms with Crippen LogP contribution in [0.5, 0.6) is 5.75 Å². The van der Waals surface area contributed by atoms with Crippen molar-refractivity contribution in [2.24, 2.45) is 0 Å². The van der Waals surface area contributed by atoms with Crippen molar-refractivity contribution < 1.29 is 19.1 Å². The number of benzene rings is 1. The Morgan fingerprint density at radius 1 is 1.24 bits per heavy atom. The van der Waals surface area contributed by atoms with E-state index in [1.54, 1.807) is 25.1 Å². The molecule has 0 N–H and O–H groups in total. The molecule has 0 radical (unpaired) electrons. The molecule has 5 nitrogen and oxygen atoms in total. The lowest BCUT2D eigenvalue weighted by atomic mass is 10.0. The zero-order chi connectivity index (χ0) is 15.4. The molecule has 0 spiro atoms. The van der Waals surface area contributed by atoms with Crippen LogP contribution in [0.15, 0.2) is 24.3 Å². The van der Waals surface area contributed by atoms with Crippen LogP contribution in [0.1, 0.15) is 25.1 Å². The smallest absolute Gasteiger partial charge is 0.310 e. The van der Waals surface area contributed by atoms with E-state index >= 15 is 0 Å². The van der Waals surface area contributed by atoms with E-state index in [0.29, 0.717) is 17.9 Å². The Kier molecular flexibility index (Phi) is 4.52. The summed E-state index contributed by atoms with van der Waals surface area (Å²) in [5.74, 6) is -0.211. The van der Waals surface area contributed by atoms with Gasteiger partial charge in [0.1, 0.15) is 5.75 Å². The number of carbonyl (C=O) groups is 2. The Morgan fingerprint density at radius 3 is 2.67 bits per heavy atom. The fraction of sp³-hybridized carbons (Fsp3) is 0.312. The Morgan fingerprint density at radius 2 is 2.00 bits per heavy atom. The van der Waals surface area contributed by atoms with Gasteiger partial charge in [-0.2, -0.15) is 0 Å². The minimum atomic E-state index is -0.381.